The fourth-order valence-corrected chi connectivity index (χ4v) is 4.26. The average molecular weight is 207 g/mol. The first-order chi connectivity index (χ1) is 7.45. The summed E-state index contributed by atoms with van der Waals surface area (Å²) in [4.78, 5) is 0. The molecule has 15 heavy (non-hydrogen) atoms. The second-order valence-corrected chi connectivity index (χ2v) is 6.06. The van der Waals surface area contributed by atoms with Gasteiger partial charge >= 0.3 is 0 Å². The molecule has 3 rings (SSSR count). The van der Waals surface area contributed by atoms with Crippen LogP contribution in [0.1, 0.15) is 51.4 Å². The molecular formula is C14H25N. The molecule has 86 valence electrons. The molecule has 1 aliphatic heterocycles. The van der Waals surface area contributed by atoms with Crippen LogP contribution in [0.4, 0.5) is 0 Å². The van der Waals surface area contributed by atoms with Gasteiger partial charge in [0.1, 0.15) is 0 Å². The number of hydrogen-bond acceptors (Lipinski definition) is 1. The van der Waals surface area contributed by atoms with E-state index >= 15 is 0 Å². The molecule has 2 aliphatic carbocycles. The van der Waals surface area contributed by atoms with Gasteiger partial charge in [0, 0.05) is 0 Å². The summed E-state index contributed by atoms with van der Waals surface area (Å²) in [6.45, 7) is 2.64. The van der Waals surface area contributed by atoms with Crippen LogP contribution >= 0.6 is 0 Å². The van der Waals surface area contributed by atoms with Crippen LogP contribution < -0.4 is 5.32 Å². The SMILES string of the molecule is C1CC(C2CCNCC2C2CCCC2)C1. The number of hydrogen-bond donors (Lipinski definition) is 1. The van der Waals surface area contributed by atoms with Crippen LogP contribution in [0.5, 0.6) is 0 Å². The van der Waals surface area contributed by atoms with E-state index in [-0.39, 0.29) is 0 Å². The van der Waals surface area contributed by atoms with Crippen molar-refractivity contribution in [1.29, 1.82) is 0 Å². The van der Waals surface area contributed by atoms with E-state index in [1.807, 2.05) is 0 Å². The summed E-state index contributed by atoms with van der Waals surface area (Å²) >= 11 is 0. The Morgan fingerprint density at radius 1 is 0.667 bits per heavy atom. The van der Waals surface area contributed by atoms with E-state index in [0.717, 1.165) is 23.7 Å². The summed E-state index contributed by atoms with van der Waals surface area (Å²) in [5.41, 5.74) is 0. The molecule has 1 heteroatoms. The van der Waals surface area contributed by atoms with Crippen molar-refractivity contribution in [2.75, 3.05) is 13.1 Å². The molecule has 0 aromatic heterocycles. The second-order valence-electron chi connectivity index (χ2n) is 6.06. The molecule has 1 N–H and O–H groups in total. The van der Waals surface area contributed by atoms with Gasteiger partial charge in [0.2, 0.25) is 0 Å². The minimum Gasteiger partial charge on any atom is -0.316 e. The Balaban J connectivity index is 1.65. The lowest BCUT2D eigenvalue weighted by molar-refractivity contribution is 0.0765. The third kappa shape index (κ3) is 1.95. The highest BCUT2D eigenvalue weighted by atomic mass is 14.9. The van der Waals surface area contributed by atoms with Crippen molar-refractivity contribution in [2.45, 2.75) is 51.4 Å². The van der Waals surface area contributed by atoms with Crippen LogP contribution in [-0.4, -0.2) is 13.1 Å². The summed E-state index contributed by atoms with van der Waals surface area (Å²) in [5.74, 6) is 4.36. The van der Waals surface area contributed by atoms with Crippen molar-refractivity contribution in [3.8, 4) is 0 Å². The van der Waals surface area contributed by atoms with Crippen molar-refractivity contribution in [1.82, 2.24) is 5.32 Å². The van der Waals surface area contributed by atoms with Gasteiger partial charge in [0.15, 0.2) is 0 Å². The maximum Gasteiger partial charge on any atom is -0.00151 e. The van der Waals surface area contributed by atoms with Crippen molar-refractivity contribution in [3.05, 3.63) is 0 Å². The third-order valence-electron chi connectivity index (χ3n) is 5.35. The smallest absolute Gasteiger partial charge is 0.00151 e. The van der Waals surface area contributed by atoms with E-state index < -0.39 is 0 Å². The van der Waals surface area contributed by atoms with E-state index in [4.69, 9.17) is 0 Å². The summed E-state index contributed by atoms with van der Waals surface area (Å²) in [6, 6.07) is 0. The fraction of sp³-hybridized carbons (Fsp3) is 1.00. The molecule has 1 heterocycles. The van der Waals surface area contributed by atoms with Gasteiger partial charge in [-0.05, 0) is 43.2 Å². The molecule has 0 spiro atoms. The normalized spacial score (nSPS) is 39.2. The number of piperidine rings is 1. The topological polar surface area (TPSA) is 12.0 Å². The van der Waals surface area contributed by atoms with E-state index in [1.165, 1.54) is 51.6 Å². The standard InChI is InChI=1S/C14H25N/c1-2-5-12(4-1)14-10-15-9-8-13(14)11-6-3-7-11/h11-15H,1-10H2. The van der Waals surface area contributed by atoms with Crippen LogP contribution in [-0.2, 0) is 0 Å². The lowest BCUT2D eigenvalue weighted by Gasteiger charge is -2.44. The maximum atomic E-state index is 3.64. The Morgan fingerprint density at radius 3 is 2.00 bits per heavy atom. The molecule has 0 aromatic rings. The van der Waals surface area contributed by atoms with Crippen LogP contribution in [0.3, 0.4) is 0 Å². The third-order valence-corrected chi connectivity index (χ3v) is 5.35. The zero-order valence-corrected chi connectivity index (χ0v) is 9.88. The lowest BCUT2D eigenvalue weighted by Crippen LogP contribution is -2.44. The highest BCUT2D eigenvalue weighted by Gasteiger charge is 2.38. The number of rotatable bonds is 2. The minimum atomic E-state index is 1.05. The predicted octanol–water partition coefficient (Wildman–Crippen LogP) is 3.20. The van der Waals surface area contributed by atoms with Crippen LogP contribution in [0.2, 0.25) is 0 Å². The van der Waals surface area contributed by atoms with Gasteiger partial charge in [0.25, 0.3) is 0 Å². The van der Waals surface area contributed by atoms with Crippen LogP contribution in [0, 0.1) is 23.7 Å². The van der Waals surface area contributed by atoms with Gasteiger partial charge in [-0.25, -0.2) is 0 Å². The molecule has 1 nitrogen and oxygen atoms in total. The molecular weight excluding hydrogens is 182 g/mol. The first-order valence-electron chi connectivity index (χ1n) is 7.16. The first kappa shape index (κ1) is 10.1. The summed E-state index contributed by atoms with van der Waals surface area (Å²) < 4.78 is 0. The maximum absolute atomic E-state index is 3.64. The minimum absolute atomic E-state index is 1.05. The highest BCUT2D eigenvalue weighted by Crippen LogP contribution is 2.45. The Bertz CT molecular complexity index is 203. The summed E-state index contributed by atoms with van der Waals surface area (Å²) in [6.07, 6.45) is 12.2. The van der Waals surface area contributed by atoms with Gasteiger partial charge in [0.05, 0.1) is 0 Å². The van der Waals surface area contributed by atoms with E-state index in [1.54, 1.807) is 12.8 Å². The van der Waals surface area contributed by atoms with Gasteiger partial charge in [-0.3, -0.25) is 0 Å². The predicted molar refractivity (Wildman–Crippen MR) is 63.8 cm³/mol. The largest absolute Gasteiger partial charge is 0.316 e. The van der Waals surface area contributed by atoms with Crippen molar-refractivity contribution in [2.24, 2.45) is 23.7 Å². The molecule has 2 atom stereocenters. The molecule has 0 aromatic carbocycles. The fourth-order valence-electron chi connectivity index (χ4n) is 4.26. The molecule has 0 radical (unpaired) electrons. The van der Waals surface area contributed by atoms with Crippen LogP contribution in [0.25, 0.3) is 0 Å². The zero-order chi connectivity index (χ0) is 10.1. The van der Waals surface area contributed by atoms with Gasteiger partial charge in [-0.15, -0.1) is 0 Å². The quantitative estimate of drug-likeness (QED) is 0.733. The van der Waals surface area contributed by atoms with Crippen LogP contribution in [0.15, 0.2) is 0 Å². The molecule has 3 fully saturated rings. The second kappa shape index (κ2) is 4.45. The van der Waals surface area contributed by atoms with Crippen molar-refractivity contribution >= 4 is 0 Å². The van der Waals surface area contributed by atoms with Gasteiger partial charge < -0.3 is 5.32 Å². The van der Waals surface area contributed by atoms with E-state index in [9.17, 15) is 0 Å². The molecule has 0 bridgehead atoms. The van der Waals surface area contributed by atoms with Gasteiger partial charge in [-0.2, -0.15) is 0 Å². The monoisotopic (exact) mass is 207 g/mol. The van der Waals surface area contributed by atoms with E-state index in [2.05, 4.69) is 5.32 Å². The molecule has 2 saturated carbocycles. The van der Waals surface area contributed by atoms with Crippen molar-refractivity contribution in [3.63, 3.8) is 0 Å². The Labute approximate surface area is 94.0 Å². The number of nitrogens with one attached hydrogen (secondary N) is 1. The zero-order valence-electron chi connectivity index (χ0n) is 9.88. The molecule has 0 amide bonds. The first-order valence-corrected chi connectivity index (χ1v) is 7.16. The Hall–Kier alpha value is -0.0400. The molecule has 2 unspecified atom stereocenters. The Kier molecular flexibility index (Phi) is 3.01. The van der Waals surface area contributed by atoms with Gasteiger partial charge in [-0.1, -0.05) is 44.9 Å². The Morgan fingerprint density at radius 2 is 1.33 bits per heavy atom. The highest BCUT2D eigenvalue weighted by molar-refractivity contribution is 4.91. The molecule has 1 saturated heterocycles. The average Bonchev–Trinajstić information content (AvgIpc) is 2.69. The van der Waals surface area contributed by atoms with Crippen molar-refractivity contribution < 1.29 is 0 Å². The molecule has 3 aliphatic rings. The lowest BCUT2D eigenvalue weighted by atomic mass is 9.64. The summed E-state index contributed by atoms with van der Waals surface area (Å²) in [5, 5.41) is 3.64. The van der Waals surface area contributed by atoms with E-state index in [0.29, 0.717) is 0 Å². The summed E-state index contributed by atoms with van der Waals surface area (Å²) in [7, 11) is 0.